The van der Waals surface area contributed by atoms with Crippen LogP contribution in [-0.4, -0.2) is 93.1 Å². The quantitative estimate of drug-likeness (QED) is 0.0787. The van der Waals surface area contributed by atoms with Crippen LogP contribution in [0.2, 0.25) is 0 Å². The lowest BCUT2D eigenvalue weighted by Gasteiger charge is -2.30. The lowest BCUT2D eigenvalue weighted by molar-refractivity contribution is -0.135. The van der Waals surface area contributed by atoms with Crippen LogP contribution in [0.1, 0.15) is 74.4 Å². The number of alkyl carbamates (subject to hydrolysis) is 2. The highest BCUT2D eigenvalue weighted by Gasteiger charge is 2.38. The summed E-state index contributed by atoms with van der Waals surface area (Å²) in [5.74, 6) is 1.66. The summed E-state index contributed by atoms with van der Waals surface area (Å²) >= 11 is 0. The Morgan fingerprint density at radius 2 is 1.14 bits per heavy atom. The zero-order valence-electron chi connectivity index (χ0n) is 37.7. The van der Waals surface area contributed by atoms with Crippen LogP contribution in [0.3, 0.4) is 0 Å². The molecule has 0 bridgehead atoms. The third-order valence-electron chi connectivity index (χ3n) is 12.4. The highest BCUT2D eigenvalue weighted by Crippen LogP contribution is 2.35. The summed E-state index contributed by atoms with van der Waals surface area (Å²) in [5, 5.41) is 5.47. The Bertz CT molecular complexity index is 2590. The van der Waals surface area contributed by atoms with Gasteiger partial charge in [0.2, 0.25) is 11.8 Å². The van der Waals surface area contributed by atoms with Crippen molar-refractivity contribution in [1.82, 2.24) is 40.4 Å². The topological polar surface area (TPSA) is 184 Å². The molecule has 4 atom stereocenters. The first-order valence-corrected chi connectivity index (χ1v) is 22.4. The van der Waals surface area contributed by atoms with Gasteiger partial charge in [-0.05, 0) is 77.1 Å². The van der Waals surface area contributed by atoms with E-state index in [-0.39, 0.29) is 36.2 Å². The SMILES string of the molecule is COC(=O)N[C@@H](Cc1ccc(OCc2ccccc2)cc1)C(=O)N1CCC[C@H]1c1ncc(-c2ccc(-c3ccc(-c4cnc([C@@H]5CCCN5C(=O)[C@@H](NC(=O)OC)C(C)C)[nH]4)cc3)cc2)[nH]1. The number of methoxy groups -OCH3 is 2. The predicted molar refractivity (Wildman–Crippen MR) is 249 cm³/mol. The second-order valence-electron chi connectivity index (χ2n) is 17.1. The van der Waals surface area contributed by atoms with Crippen LogP contribution in [0.25, 0.3) is 33.6 Å². The first-order chi connectivity index (χ1) is 32.1. The molecular formula is C51H56N8O7. The molecule has 15 nitrogen and oxygen atoms in total. The average Bonchev–Trinajstić information content (AvgIpc) is 4.20. The number of ether oxygens (including phenoxy) is 3. The lowest BCUT2D eigenvalue weighted by atomic mass is 10.0. The van der Waals surface area contributed by atoms with Gasteiger partial charge in [0.1, 0.15) is 36.1 Å². The van der Waals surface area contributed by atoms with E-state index >= 15 is 0 Å². The summed E-state index contributed by atoms with van der Waals surface area (Å²) in [4.78, 5) is 72.2. The molecule has 4 heterocycles. The van der Waals surface area contributed by atoms with E-state index in [0.717, 1.165) is 70.5 Å². The second kappa shape index (κ2) is 20.6. The number of likely N-dealkylation sites (tertiary alicyclic amines) is 2. The number of aromatic amines is 2. The van der Waals surface area contributed by atoms with E-state index in [2.05, 4.69) is 49.9 Å². The molecule has 8 rings (SSSR count). The van der Waals surface area contributed by atoms with E-state index in [1.807, 2.05) is 92.7 Å². The van der Waals surface area contributed by atoms with E-state index < -0.39 is 24.3 Å². The van der Waals surface area contributed by atoms with Crippen molar-refractivity contribution in [2.75, 3.05) is 27.3 Å². The van der Waals surface area contributed by atoms with Crippen molar-refractivity contribution in [2.45, 2.75) is 76.7 Å². The molecule has 4 aromatic carbocycles. The fourth-order valence-corrected chi connectivity index (χ4v) is 8.80. The highest BCUT2D eigenvalue weighted by molar-refractivity contribution is 5.87. The van der Waals surface area contributed by atoms with E-state index in [0.29, 0.717) is 37.1 Å². The number of carbonyl (C=O) groups excluding carboxylic acids is 4. The Hall–Kier alpha value is -7.42. The number of nitrogens with zero attached hydrogens (tertiary/aromatic N) is 4. The minimum atomic E-state index is -0.843. The Kier molecular flexibility index (Phi) is 14.1. The molecule has 0 aliphatic carbocycles. The maximum atomic E-state index is 14.2. The molecule has 66 heavy (non-hydrogen) atoms. The summed E-state index contributed by atoms with van der Waals surface area (Å²) in [7, 11) is 2.57. The van der Waals surface area contributed by atoms with Crippen LogP contribution >= 0.6 is 0 Å². The smallest absolute Gasteiger partial charge is 0.407 e. The predicted octanol–water partition coefficient (Wildman–Crippen LogP) is 8.39. The molecule has 0 spiro atoms. The molecule has 4 amide bonds. The molecule has 15 heteroatoms. The number of carbonyl (C=O) groups is 4. The van der Waals surface area contributed by atoms with Crippen molar-refractivity contribution in [2.24, 2.45) is 5.92 Å². The summed E-state index contributed by atoms with van der Waals surface area (Å²) in [6, 6.07) is 31.9. The molecule has 0 radical (unpaired) electrons. The monoisotopic (exact) mass is 892 g/mol. The van der Waals surface area contributed by atoms with Gasteiger partial charge in [-0.15, -0.1) is 0 Å². The average molecular weight is 893 g/mol. The van der Waals surface area contributed by atoms with Gasteiger partial charge in [0, 0.05) is 19.5 Å². The number of H-pyrrole nitrogens is 2. The molecule has 2 fully saturated rings. The van der Waals surface area contributed by atoms with E-state index in [1.54, 1.807) is 22.2 Å². The number of amides is 4. The van der Waals surface area contributed by atoms with Crippen LogP contribution in [0, 0.1) is 5.92 Å². The molecule has 2 saturated heterocycles. The van der Waals surface area contributed by atoms with Crippen molar-refractivity contribution in [3.05, 3.63) is 138 Å². The number of rotatable bonds is 15. The number of aromatic nitrogens is 4. The van der Waals surface area contributed by atoms with Gasteiger partial charge >= 0.3 is 12.2 Å². The fourth-order valence-electron chi connectivity index (χ4n) is 8.80. The van der Waals surface area contributed by atoms with Gasteiger partial charge in [-0.2, -0.15) is 0 Å². The van der Waals surface area contributed by atoms with Crippen molar-refractivity contribution < 1.29 is 33.4 Å². The largest absolute Gasteiger partial charge is 0.489 e. The number of nitrogens with one attached hydrogen (secondary N) is 4. The first-order valence-electron chi connectivity index (χ1n) is 22.4. The second-order valence-corrected chi connectivity index (χ2v) is 17.1. The highest BCUT2D eigenvalue weighted by atomic mass is 16.5. The Labute approximate surface area is 384 Å². The zero-order valence-corrected chi connectivity index (χ0v) is 37.7. The van der Waals surface area contributed by atoms with Crippen LogP contribution < -0.4 is 15.4 Å². The maximum Gasteiger partial charge on any atom is 0.407 e. The van der Waals surface area contributed by atoms with Crippen LogP contribution in [0.5, 0.6) is 5.75 Å². The first kappa shape index (κ1) is 45.2. The Morgan fingerprint density at radius 3 is 1.65 bits per heavy atom. The van der Waals surface area contributed by atoms with Gasteiger partial charge in [0.15, 0.2) is 0 Å². The third-order valence-corrected chi connectivity index (χ3v) is 12.4. The van der Waals surface area contributed by atoms with Crippen LogP contribution in [-0.2, 0) is 32.1 Å². The Morgan fingerprint density at radius 1 is 0.636 bits per heavy atom. The minimum absolute atomic E-state index is 0.113. The molecular weight excluding hydrogens is 837 g/mol. The number of benzene rings is 4. The van der Waals surface area contributed by atoms with Crippen LogP contribution in [0.4, 0.5) is 9.59 Å². The van der Waals surface area contributed by atoms with Crippen molar-refractivity contribution in [3.8, 4) is 39.4 Å². The van der Waals surface area contributed by atoms with Gasteiger partial charge in [0.25, 0.3) is 0 Å². The number of imidazole rings is 2. The van der Waals surface area contributed by atoms with Gasteiger partial charge < -0.3 is 44.6 Å². The molecule has 342 valence electrons. The van der Waals surface area contributed by atoms with Crippen molar-refractivity contribution in [1.29, 1.82) is 0 Å². The van der Waals surface area contributed by atoms with Gasteiger partial charge in [-0.3, -0.25) is 9.59 Å². The van der Waals surface area contributed by atoms with E-state index in [4.69, 9.17) is 19.2 Å². The standard InChI is InChI=1S/C51H56N8O7/c1-32(2)45(57-51(63)65-4)49(61)59-27-9-13-44(59)47-53-30-42(55-47)38-22-18-36(19-23-38)35-16-20-37(21-17-35)41-29-52-46(54-41)43-12-8-26-58(43)48(60)40(56-50(62)64-3)28-33-14-24-39(25-15-33)66-31-34-10-6-5-7-11-34/h5-7,10-11,14-25,29-30,32,40,43-45H,8-9,12-13,26-28,31H2,1-4H3,(H,52,54)(H,53,55)(H,56,62)(H,57,63)/t40-,43-,44-,45-/m0/s1. The van der Waals surface area contributed by atoms with Crippen molar-refractivity contribution >= 4 is 24.0 Å². The van der Waals surface area contributed by atoms with Crippen molar-refractivity contribution in [3.63, 3.8) is 0 Å². The van der Waals surface area contributed by atoms with Crippen LogP contribution in [0.15, 0.2) is 116 Å². The molecule has 2 aliphatic rings. The van der Waals surface area contributed by atoms with Gasteiger partial charge in [-0.1, -0.05) is 105 Å². The normalized spacial score (nSPS) is 16.7. The fraction of sp³-hybridized carbons (Fsp3) is 0.333. The molecule has 2 aliphatic heterocycles. The van der Waals surface area contributed by atoms with E-state index in [1.165, 1.54) is 14.2 Å². The minimum Gasteiger partial charge on any atom is -0.489 e. The summed E-state index contributed by atoms with van der Waals surface area (Å²) < 4.78 is 15.6. The maximum absolute atomic E-state index is 14.2. The Balaban J connectivity index is 0.894. The summed E-state index contributed by atoms with van der Waals surface area (Å²) in [5.41, 5.74) is 7.63. The molecule has 4 N–H and O–H groups in total. The van der Waals surface area contributed by atoms with E-state index in [9.17, 15) is 19.2 Å². The summed E-state index contributed by atoms with van der Waals surface area (Å²) in [6.07, 6.45) is 5.73. The summed E-state index contributed by atoms with van der Waals surface area (Å²) in [6.45, 7) is 5.37. The van der Waals surface area contributed by atoms with Gasteiger partial charge in [0.05, 0.1) is 50.1 Å². The lowest BCUT2D eigenvalue weighted by Crippen LogP contribution is -2.51. The third kappa shape index (κ3) is 10.4. The molecule has 2 aromatic heterocycles. The number of hydrogen-bond donors (Lipinski definition) is 4. The molecule has 0 saturated carbocycles. The number of hydrogen-bond acceptors (Lipinski definition) is 9. The molecule has 6 aromatic rings. The zero-order chi connectivity index (χ0) is 46.2. The molecule has 0 unspecified atom stereocenters. The van der Waals surface area contributed by atoms with Gasteiger partial charge in [-0.25, -0.2) is 19.6 Å².